The zero-order chi connectivity index (χ0) is 12.4. The summed E-state index contributed by atoms with van der Waals surface area (Å²) >= 11 is 1.87. The third-order valence-electron chi connectivity index (χ3n) is 2.90. The molecule has 0 aromatic carbocycles. The van der Waals surface area contributed by atoms with Crippen molar-refractivity contribution < 1.29 is 0 Å². The highest BCUT2D eigenvalue weighted by Crippen LogP contribution is 2.27. The second-order valence-corrected chi connectivity index (χ2v) is 6.63. The van der Waals surface area contributed by atoms with E-state index >= 15 is 0 Å². The first-order chi connectivity index (χ1) is 8.06. The summed E-state index contributed by atoms with van der Waals surface area (Å²) in [6.07, 6.45) is 2.70. The van der Waals surface area contributed by atoms with Crippen molar-refractivity contribution in [2.75, 3.05) is 14.1 Å². The molecule has 1 aromatic rings. The molecule has 2 rings (SSSR count). The van der Waals surface area contributed by atoms with Crippen LogP contribution in [0.25, 0.3) is 0 Å². The molecule has 1 aromatic heterocycles. The minimum atomic E-state index is 0.526. The SMILES string of the molecule is CC(C)c1nc(CN(C)C)sc1CNC1CC1. The van der Waals surface area contributed by atoms with E-state index in [1.165, 1.54) is 28.4 Å². The summed E-state index contributed by atoms with van der Waals surface area (Å²) in [5, 5.41) is 4.83. The number of nitrogens with zero attached hydrogens (tertiary/aromatic N) is 2. The van der Waals surface area contributed by atoms with E-state index in [-0.39, 0.29) is 0 Å². The summed E-state index contributed by atoms with van der Waals surface area (Å²) in [4.78, 5) is 8.40. The van der Waals surface area contributed by atoms with Crippen molar-refractivity contribution in [3.8, 4) is 0 Å². The lowest BCUT2D eigenvalue weighted by molar-refractivity contribution is 0.401. The average molecular weight is 253 g/mol. The summed E-state index contributed by atoms with van der Waals surface area (Å²) in [5.74, 6) is 0.526. The Hall–Kier alpha value is -0.450. The second kappa shape index (κ2) is 5.46. The average Bonchev–Trinajstić information content (AvgIpc) is 2.96. The Balaban J connectivity index is 2.06. The summed E-state index contributed by atoms with van der Waals surface area (Å²) in [6, 6.07) is 0.773. The van der Waals surface area contributed by atoms with Crippen LogP contribution in [0.4, 0.5) is 0 Å². The minimum Gasteiger partial charge on any atom is -0.309 e. The predicted octanol–water partition coefficient (Wildman–Crippen LogP) is 2.58. The Labute approximate surface area is 108 Å². The van der Waals surface area contributed by atoms with Gasteiger partial charge in [0.05, 0.1) is 5.69 Å². The van der Waals surface area contributed by atoms with E-state index in [0.29, 0.717) is 5.92 Å². The number of nitrogens with one attached hydrogen (secondary N) is 1. The quantitative estimate of drug-likeness (QED) is 0.844. The van der Waals surface area contributed by atoms with Crippen LogP contribution in [-0.2, 0) is 13.1 Å². The van der Waals surface area contributed by atoms with Gasteiger partial charge in [0.25, 0.3) is 0 Å². The van der Waals surface area contributed by atoms with Crippen LogP contribution >= 0.6 is 11.3 Å². The molecule has 1 aliphatic rings. The van der Waals surface area contributed by atoms with Crippen molar-refractivity contribution in [1.29, 1.82) is 0 Å². The third-order valence-corrected chi connectivity index (χ3v) is 3.95. The van der Waals surface area contributed by atoms with Crippen LogP contribution in [0.15, 0.2) is 0 Å². The van der Waals surface area contributed by atoms with E-state index in [4.69, 9.17) is 4.98 Å². The van der Waals surface area contributed by atoms with Crippen LogP contribution in [-0.4, -0.2) is 30.0 Å². The van der Waals surface area contributed by atoms with Crippen LogP contribution in [0.5, 0.6) is 0 Å². The topological polar surface area (TPSA) is 28.2 Å². The van der Waals surface area contributed by atoms with Crippen molar-refractivity contribution in [2.24, 2.45) is 0 Å². The molecule has 3 nitrogen and oxygen atoms in total. The van der Waals surface area contributed by atoms with Gasteiger partial charge in [0, 0.05) is 24.0 Å². The molecular formula is C13H23N3S. The molecule has 0 amide bonds. The molecule has 0 unspecified atom stereocenters. The molecule has 0 atom stereocenters. The van der Waals surface area contributed by atoms with Gasteiger partial charge in [-0.25, -0.2) is 4.98 Å². The number of aromatic nitrogens is 1. The van der Waals surface area contributed by atoms with Crippen LogP contribution < -0.4 is 5.32 Å². The van der Waals surface area contributed by atoms with Crippen molar-refractivity contribution in [3.63, 3.8) is 0 Å². The zero-order valence-corrected chi connectivity index (χ0v) is 12.1. The molecule has 0 bridgehead atoms. The van der Waals surface area contributed by atoms with Crippen LogP contribution in [0, 0.1) is 0 Å². The lowest BCUT2D eigenvalue weighted by Gasteiger charge is -2.05. The predicted molar refractivity (Wildman–Crippen MR) is 73.5 cm³/mol. The minimum absolute atomic E-state index is 0.526. The molecule has 0 saturated heterocycles. The number of rotatable bonds is 6. The summed E-state index contributed by atoms with van der Waals surface area (Å²) in [6.45, 7) is 6.42. The van der Waals surface area contributed by atoms with Crippen LogP contribution in [0.3, 0.4) is 0 Å². The first-order valence-corrected chi connectivity index (χ1v) is 7.24. The number of thiazole rings is 1. The van der Waals surface area contributed by atoms with Gasteiger partial charge in [-0.05, 0) is 32.9 Å². The molecule has 1 aliphatic carbocycles. The molecule has 17 heavy (non-hydrogen) atoms. The summed E-state index contributed by atoms with van der Waals surface area (Å²) in [5.41, 5.74) is 1.29. The maximum Gasteiger partial charge on any atom is 0.107 e. The Morgan fingerprint density at radius 2 is 2.12 bits per heavy atom. The van der Waals surface area contributed by atoms with E-state index in [9.17, 15) is 0 Å². The standard InChI is InChI=1S/C13H23N3S/c1-9(2)13-11(7-14-10-5-6-10)17-12(15-13)8-16(3)4/h9-10,14H,5-8H2,1-4H3. The fraction of sp³-hybridized carbons (Fsp3) is 0.769. The molecule has 1 saturated carbocycles. The van der Waals surface area contributed by atoms with Crippen molar-refractivity contribution in [3.05, 3.63) is 15.6 Å². The van der Waals surface area contributed by atoms with E-state index in [1.54, 1.807) is 0 Å². The van der Waals surface area contributed by atoms with Gasteiger partial charge in [-0.1, -0.05) is 13.8 Å². The highest BCUT2D eigenvalue weighted by Gasteiger charge is 2.22. The molecular weight excluding hydrogens is 230 g/mol. The van der Waals surface area contributed by atoms with E-state index in [2.05, 4.69) is 38.2 Å². The fourth-order valence-electron chi connectivity index (χ4n) is 1.85. The van der Waals surface area contributed by atoms with E-state index < -0.39 is 0 Å². The smallest absolute Gasteiger partial charge is 0.107 e. The molecule has 0 aliphatic heterocycles. The van der Waals surface area contributed by atoms with Gasteiger partial charge in [-0.3, -0.25) is 0 Å². The maximum absolute atomic E-state index is 4.79. The van der Waals surface area contributed by atoms with Crippen molar-refractivity contribution in [2.45, 2.75) is 51.7 Å². The van der Waals surface area contributed by atoms with E-state index in [1.807, 2.05) is 11.3 Å². The second-order valence-electron chi connectivity index (χ2n) is 5.46. The largest absolute Gasteiger partial charge is 0.309 e. The molecule has 1 heterocycles. The highest BCUT2D eigenvalue weighted by molar-refractivity contribution is 7.11. The third kappa shape index (κ3) is 3.76. The number of hydrogen-bond acceptors (Lipinski definition) is 4. The lowest BCUT2D eigenvalue weighted by atomic mass is 10.1. The van der Waals surface area contributed by atoms with Gasteiger partial charge in [0.2, 0.25) is 0 Å². The summed E-state index contributed by atoms with van der Waals surface area (Å²) < 4.78 is 0. The van der Waals surface area contributed by atoms with Crippen LogP contribution in [0.1, 0.15) is 48.2 Å². The van der Waals surface area contributed by atoms with Crippen molar-refractivity contribution >= 4 is 11.3 Å². The van der Waals surface area contributed by atoms with Crippen LogP contribution in [0.2, 0.25) is 0 Å². The Bertz CT molecular complexity index is 367. The molecule has 1 fully saturated rings. The van der Waals surface area contributed by atoms with Crippen molar-refractivity contribution in [1.82, 2.24) is 15.2 Å². The molecule has 0 spiro atoms. The van der Waals surface area contributed by atoms with Gasteiger partial charge >= 0.3 is 0 Å². The molecule has 1 N–H and O–H groups in total. The first-order valence-electron chi connectivity index (χ1n) is 6.43. The Kier molecular flexibility index (Phi) is 4.17. The molecule has 4 heteroatoms. The van der Waals surface area contributed by atoms with Gasteiger partial charge in [-0.2, -0.15) is 0 Å². The highest BCUT2D eigenvalue weighted by atomic mass is 32.1. The number of hydrogen-bond donors (Lipinski definition) is 1. The monoisotopic (exact) mass is 253 g/mol. The van der Waals surface area contributed by atoms with Gasteiger partial charge in [0.15, 0.2) is 0 Å². The molecule has 96 valence electrons. The summed E-state index contributed by atoms with van der Waals surface area (Å²) in [7, 11) is 4.19. The maximum atomic E-state index is 4.79. The molecule has 0 radical (unpaired) electrons. The normalized spacial score (nSPS) is 16.1. The Morgan fingerprint density at radius 3 is 2.65 bits per heavy atom. The van der Waals surface area contributed by atoms with Gasteiger partial charge < -0.3 is 10.2 Å². The fourth-order valence-corrected chi connectivity index (χ4v) is 3.15. The van der Waals surface area contributed by atoms with Gasteiger partial charge in [0.1, 0.15) is 5.01 Å². The lowest BCUT2D eigenvalue weighted by Crippen LogP contribution is -2.15. The van der Waals surface area contributed by atoms with E-state index in [0.717, 1.165) is 19.1 Å². The zero-order valence-electron chi connectivity index (χ0n) is 11.3. The van der Waals surface area contributed by atoms with Gasteiger partial charge in [-0.15, -0.1) is 11.3 Å². The Morgan fingerprint density at radius 1 is 1.41 bits per heavy atom. The first kappa shape index (κ1) is 13.0.